The number of rotatable bonds is 2. The van der Waals surface area contributed by atoms with Gasteiger partial charge in [0.1, 0.15) is 0 Å². The molecular weight excluding hydrogens is 232 g/mol. The zero-order chi connectivity index (χ0) is 11.5. The van der Waals surface area contributed by atoms with Crippen molar-refractivity contribution < 1.29 is 4.79 Å². The molecule has 0 spiro atoms. The zero-order valence-corrected chi connectivity index (χ0v) is 8.69. The van der Waals surface area contributed by atoms with E-state index in [9.17, 15) is 4.79 Å². The standard InChI is InChI=1S/C8H7ClN6O/c9-4-1-2-11-3-5(4)12-7(16)6-13-8(10)15-14-6/h1-3H,(H,12,16)(H3,10,13,14,15). The highest BCUT2D eigenvalue weighted by Crippen LogP contribution is 2.19. The number of anilines is 2. The van der Waals surface area contributed by atoms with E-state index in [1.165, 1.54) is 12.4 Å². The van der Waals surface area contributed by atoms with Crippen molar-refractivity contribution in [1.82, 2.24) is 20.2 Å². The smallest absolute Gasteiger partial charge is 0.293 e. The number of nitrogens with zero attached hydrogens (tertiary/aromatic N) is 3. The molecule has 0 bridgehead atoms. The molecule has 2 rings (SSSR count). The first-order valence-corrected chi connectivity index (χ1v) is 4.63. The maximum Gasteiger partial charge on any atom is 0.293 e. The molecule has 1 amide bonds. The summed E-state index contributed by atoms with van der Waals surface area (Å²) in [7, 11) is 0. The zero-order valence-electron chi connectivity index (χ0n) is 7.94. The predicted molar refractivity (Wildman–Crippen MR) is 58.0 cm³/mol. The molecule has 0 saturated carbocycles. The Bertz CT molecular complexity index is 525. The average molecular weight is 239 g/mol. The molecule has 2 aromatic heterocycles. The Kier molecular flexibility index (Phi) is 2.69. The predicted octanol–water partition coefficient (Wildman–Crippen LogP) is 0.688. The molecule has 0 aliphatic heterocycles. The number of halogens is 1. The van der Waals surface area contributed by atoms with Gasteiger partial charge < -0.3 is 11.1 Å². The van der Waals surface area contributed by atoms with Crippen LogP contribution in [0.1, 0.15) is 10.6 Å². The third-order valence-corrected chi connectivity index (χ3v) is 2.06. The number of H-pyrrole nitrogens is 1. The van der Waals surface area contributed by atoms with E-state index in [0.717, 1.165) is 0 Å². The van der Waals surface area contributed by atoms with Gasteiger partial charge in [0.2, 0.25) is 11.8 Å². The molecule has 82 valence electrons. The molecule has 0 aliphatic carbocycles. The Labute approximate surface area is 95.0 Å². The van der Waals surface area contributed by atoms with Gasteiger partial charge in [-0.2, -0.15) is 4.98 Å². The molecule has 7 nitrogen and oxygen atoms in total. The summed E-state index contributed by atoms with van der Waals surface area (Å²) in [5, 5.41) is 8.82. The first-order valence-electron chi connectivity index (χ1n) is 4.25. The molecule has 0 fully saturated rings. The summed E-state index contributed by atoms with van der Waals surface area (Å²) < 4.78 is 0. The van der Waals surface area contributed by atoms with Crippen molar-refractivity contribution in [1.29, 1.82) is 0 Å². The second-order valence-corrected chi connectivity index (χ2v) is 3.26. The monoisotopic (exact) mass is 238 g/mol. The van der Waals surface area contributed by atoms with Gasteiger partial charge in [-0.05, 0) is 6.07 Å². The highest BCUT2D eigenvalue weighted by atomic mass is 35.5. The number of aromatic nitrogens is 4. The molecule has 2 heterocycles. The van der Waals surface area contributed by atoms with Gasteiger partial charge in [-0.15, -0.1) is 5.10 Å². The summed E-state index contributed by atoms with van der Waals surface area (Å²) in [6.45, 7) is 0. The van der Waals surface area contributed by atoms with E-state index in [2.05, 4.69) is 25.5 Å². The lowest BCUT2D eigenvalue weighted by molar-refractivity contribution is 0.101. The molecule has 0 aromatic carbocycles. The Morgan fingerprint density at radius 3 is 3.00 bits per heavy atom. The molecule has 8 heteroatoms. The summed E-state index contributed by atoms with van der Waals surface area (Å²) in [5.74, 6) is -0.473. The minimum atomic E-state index is -0.487. The molecule has 0 radical (unpaired) electrons. The van der Waals surface area contributed by atoms with Crippen LogP contribution in [0, 0.1) is 0 Å². The van der Waals surface area contributed by atoms with Crippen molar-refractivity contribution >= 4 is 29.1 Å². The summed E-state index contributed by atoms with van der Waals surface area (Å²) in [5.41, 5.74) is 5.66. The quantitative estimate of drug-likeness (QED) is 0.713. The minimum absolute atomic E-state index is 0.00225. The highest BCUT2D eigenvalue weighted by Gasteiger charge is 2.12. The number of nitrogen functional groups attached to an aromatic ring is 1. The average Bonchev–Trinajstić information content (AvgIpc) is 2.68. The molecule has 0 unspecified atom stereocenters. The summed E-state index contributed by atoms with van der Waals surface area (Å²) >= 11 is 5.84. The van der Waals surface area contributed by atoms with Crippen molar-refractivity contribution in [3.63, 3.8) is 0 Å². The number of nitrogens with two attached hydrogens (primary N) is 1. The lowest BCUT2D eigenvalue weighted by Gasteiger charge is -2.03. The number of carbonyl (C=O) groups is 1. The van der Waals surface area contributed by atoms with E-state index in [1.54, 1.807) is 6.07 Å². The SMILES string of the molecule is Nc1n[nH]c(C(=O)Nc2cnccc2Cl)n1. The molecule has 2 aromatic rings. The van der Waals surface area contributed by atoms with Gasteiger partial charge in [-0.3, -0.25) is 14.9 Å². The molecule has 0 atom stereocenters. The molecule has 0 saturated heterocycles. The highest BCUT2D eigenvalue weighted by molar-refractivity contribution is 6.33. The third kappa shape index (κ3) is 2.09. The molecule has 0 aliphatic rings. The molecular formula is C8H7ClN6O. The number of amides is 1. The lowest BCUT2D eigenvalue weighted by Crippen LogP contribution is -2.14. The fraction of sp³-hybridized carbons (Fsp3) is 0. The maximum absolute atomic E-state index is 11.6. The van der Waals surface area contributed by atoms with Gasteiger partial charge in [-0.1, -0.05) is 11.6 Å². The van der Waals surface area contributed by atoms with Gasteiger partial charge in [0.25, 0.3) is 5.91 Å². The first-order chi connectivity index (χ1) is 7.66. The largest absolute Gasteiger partial charge is 0.366 e. The summed E-state index contributed by atoms with van der Waals surface area (Å²) in [6.07, 6.45) is 2.95. The van der Waals surface area contributed by atoms with E-state index in [-0.39, 0.29) is 11.8 Å². The lowest BCUT2D eigenvalue weighted by atomic mass is 10.4. The van der Waals surface area contributed by atoms with Crippen LogP contribution in [0.4, 0.5) is 11.6 Å². The van der Waals surface area contributed by atoms with Gasteiger partial charge in [0, 0.05) is 6.20 Å². The van der Waals surface area contributed by atoms with E-state index >= 15 is 0 Å². The summed E-state index contributed by atoms with van der Waals surface area (Å²) in [4.78, 5) is 19.1. The second kappa shape index (κ2) is 4.15. The number of hydrogen-bond donors (Lipinski definition) is 3. The van der Waals surface area contributed by atoms with Gasteiger partial charge in [-0.25, -0.2) is 0 Å². The normalized spacial score (nSPS) is 10.1. The number of pyridine rings is 1. The van der Waals surface area contributed by atoms with Crippen LogP contribution in [0.25, 0.3) is 0 Å². The van der Waals surface area contributed by atoms with Crippen molar-refractivity contribution in [3.8, 4) is 0 Å². The maximum atomic E-state index is 11.6. The van der Waals surface area contributed by atoms with E-state index < -0.39 is 5.91 Å². The third-order valence-electron chi connectivity index (χ3n) is 1.73. The van der Waals surface area contributed by atoms with Crippen molar-refractivity contribution in [2.45, 2.75) is 0 Å². The van der Waals surface area contributed by atoms with Crippen molar-refractivity contribution in [2.75, 3.05) is 11.1 Å². The van der Waals surface area contributed by atoms with Crippen LogP contribution in [0.15, 0.2) is 18.5 Å². The van der Waals surface area contributed by atoms with Crippen LogP contribution in [-0.4, -0.2) is 26.1 Å². The topological polar surface area (TPSA) is 110 Å². The number of aromatic amines is 1. The van der Waals surface area contributed by atoms with E-state index in [1.807, 2.05) is 0 Å². The van der Waals surface area contributed by atoms with Gasteiger partial charge >= 0.3 is 0 Å². The van der Waals surface area contributed by atoms with Crippen LogP contribution in [0.2, 0.25) is 5.02 Å². The Morgan fingerprint density at radius 1 is 1.56 bits per heavy atom. The first kappa shape index (κ1) is 10.4. The van der Waals surface area contributed by atoms with Crippen molar-refractivity contribution in [3.05, 3.63) is 29.3 Å². The van der Waals surface area contributed by atoms with E-state index in [4.69, 9.17) is 17.3 Å². The number of carbonyl (C=O) groups excluding carboxylic acids is 1. The van der Waals surface area contributed by atoms with Crippen LogP contribution in [-0.2, 0) is 0 Å². The fourth-order valence-corrected chi connectivity index (χ4v) is 1.18. The Morgan fingerprint density at radius 2 is 2.38 bits per heavy atom. The molecule has 16 heavy (non-hydrogen) atoms. The molecule has 4 N–H and O–H groups in total. The van der Waals surface area contributed by atoms with Gasteiger partial charge in [0.05, 0.1) is 16.9 Å². The fourth-order valence-electron chi connectivity index (χ4n) is 1.03. The van der Waals surface area contributed by atoms with E-state index in [0.29, 0.717) is 10.7 Å². The van der Waals surface area contributed by atoms with Crippen molar-refractivity contribution in [2.24, 2.45) is 0 Å². The van der Waals surface area contributed by atoms with Crippen LogP contribution in [0.3, 0.4) is 0 Å². The Balaban J connectivity index is 2.17. The Hall–Kier alpha value is -2.15. The minimum Gasteiger partial charge on any atom is -0.366 e. The number of nitrogens with one attached hydrogen (secondary N) is 2. The van der Waals surface area contributed by atoms with Crippen LogP contribution in [0.5, 0.6) is 0 Å². The van der Waals surface area contributed by atoms with Gasteiger partial charge in [0.15, 0.2) is 0 Å². The van der Waals surface area contributed by atoms with Crippen LogP contribution >= 0.6 is 11.6 Å². The number of hydrogen-bond acceptors (Lipinski definition) is 5. The van der Waals surface area contributed by atoms with Crippen LogP contribution < -0.4 is 11.1 Å². The summed E-state index contributed by atoms with van der Waals surface area (Å²) in [6, 6.07) is 1.56. The second-order valence-electron chi connectivity index (χ2n) is 2.85.